The van der Waals surface area contributed by atoms with E-state index in [1.807, 2.05) is 13.8 Å². The van der Waals surface area contributed by atoms with Crippen LogP contribution in [-0.4, -0.2) is 18.3 Å². The molecule has 0 unspecified atom stereocenters. The SMILES string of the molecule is CC(=O)N(O)[I-]C(C)C. The van der Waals surface area contributed by atoms with Crippen LogP contribution in [0.3, 0.4) is 0 Å². The summed E-state index contributed by atoms with van der Waals surface area (Å²) in [5.74, 6) is -0.253. The van der Waals surface area contributed by atoms with Crippen LogP contribution in [0.2, 0.25) is 0 Å². The molecular formula is C5H11INO2-. The Bertz CT molecular complexity index is 105. The summed E-state index contributed by atoms with van der Waals surface area (Å²) in [6, 6.07) is 0. The number of carbonyl (C=O) groups excluding carboxylic acids is 1. The normalized spacial score (nSPS) is 10.3. The van der Waals surface area contributed by atoms with Gasteiger partial charge in [-0.3, -0.25) is 0 Å². The zero-order valence-corrected chi connectivity index (χ0v) is 7.92. The number of hydrogen-bond donors (Lipinski definition) is 1. The molecular weight excluding hydrogens is 233 g/mol. The zero-order chi connectivity index (χ0) is 7.44. The van der Waals surface area contributed by atoms with Gasteiger partial charge >= 0.3 is 65.4 Å². The van der Waals surface area contributed by atoms with Crippen molar-refractivity contribution >= 4 is 5.91 Å². The number of hydroxylamine groups is 1. The van der Waals surface area contributed by atoms with E-state index >= 15 is 0 Å². The quantitative estimate of drug-likeness (QED) is 0.194. The molecule has 1 N–H and O–H groups in total. The minimum atomic E-state index is -0.499. The average Bonchev–Trinajstić information content (AvgIpc) is 1.63. The van der Waals surface area contributed by atoms with Crippen LogP contribution in [0.15, 0.2) is 0 Å². The molecule has 0 aromatic heterocycles. The van der Waals surface area contributed by atoms with Crippen molar-refractivity contribution in [3.8, 4) is 0 Å². The van der Waals surface area contributed by atoms with Crippen LogP contribution in [0, 0.1) is 0 Å². The van der Waals surface area contributed by atoms with Gasteiger partial charge in [-0.15, -0.1) is 0 Å². The summed E-state index contributed by atoms with van der Waals surface area (Å²) < 4.78 is 1.27. The van der Waals surface area contributed by atoms with Gasteiger partial charge in [-0.2, -0.15) is 0 Å². The number of rotatable bonds is 2. The van der Waals surface area contributed by atoms with Gasteiger partial charge in [0, 0.05) is 0 Å². The third-order valence-electron chi connectivity index (χ3n) is 0.547. The van der Waals surface area contributed by atoms with Crippen LogP contribution >= 0.6 is 0 Å². The molecule has 4 heteroatoms. The Morgan fingerprint density at radius 3 is 2.22 bits per heavy atom. The predicted octanol–water partition coefficient (Wildman–Crippen LogP) is -2.36. The molecule has 0 aromatic rings. The number of amides is 1. The third kappa shape index (κ3) is 4.65. The fourth-order valence-electron chi connectivity index (χ4n) is 0.254. The predicted molar refractivity (Wildman–Crippen MR) is 29.4 cm³/mol. The Morgan fingerprint density at radius 1 is 1.67 bits per heavy atom. The van der Waals surface area contributed by atoms with Crippen LogP contribution in [0.25, 0.3) is 0 Å². The molecule has 0 bridgehead atoms. The van der Waals surface area contributed by atoms with Crippen LogP contribution in [0.1, 0.15) is 20.8 Å². The summed E-state index contributed by atoms with van der Waals surface area (Å²) in [6.45, 7) is 5.33. The standard InChI is InChI=1S/C5H11INO2/c1-4(2)6-7(9)5(3)8/h4,9H,1-3H3/q-1. The van der Waals surface area contributed by atoms with E-state index in [9.17, 15) is 4.79 Å². The number of alkyl halides is 1. The molecule has 0 radical (unpaired) electrons. The van der Waals surface area contributed by atoms with Crippen LogP contribution in [0.4, 0.5) is 0 Å². The van der Waals surface area contributed by atoms with Crippen LogP contribution in [0.5, 0.6) is 0 Å². The monoisotopic (exact) mass is 244 g/mol. The Kier molecular flexibility index (Phi) is 4.12. The third-order valence-corrected chi connectivity index (χ3v) is 2.87. The molecule has 0 heterocycles. The van der Waals surface area contributed by atoms with E-state index < -0.39 is 21.5 Å². The van der Waals surface area contributed by atoms with Crippen molar-refractivity contribution in [3.63, 3.8) is 0 Å². The van der Waals surface area contributed by atoms with Crippen molar-refractivity contribution in [1.82, 2.24) is 3.28 Å². The Hall–Kier alpha value is 0.160. The van der Waals surface area contributed by atoms with Gasteiger partial charge in [-0.1, -0.05) is 0 Å². The van der Waals surface area contributed by atoms with Crippen LogP contribution < -0.4 is 21.5 Å². The van der Waals surface area contributed by atoms with Gasteiger partial charge in [0.15, 0.2) is 0 Å². The molecule has 0 rings (SSSR count). The van der Waals surface area contributed by atoms with Crippen molar-refractivity contribution in [2.45, 2.75) is 24.7 Å². The Morgan fingerprint density at radius 2 is 2.11 bits per heavy atom. The van der Waals surface area contributed by atoms with E-state index in [1.165, 1.54) is 6.92 Å². The van der Waals surface area contributed by atoms with Gasteiger partial charge in [0.05, 0.1) is 0 Å². The zero-order valence-electron chi connectivity index (χ0n) is 5.76. The van der Waals surface area contributed by atoms with Gasteiger partial charge in [0.25, 0.3) is 0 Å². The first-order valence-electron chi connectivity index (χ1n) is 2.67. The molecule has 0 saturated carbocycles. The Balaban J connectivity index is 3.50. The molecule has 0 fully saturated rings. The topological polar surface area (TPSA) is 40.5 Å². The van der Waals surface area contributed by atoms with E-state index in [1.54, 1.807) is 0 Å². The molecule has 0 aliphatic heterocycles. The maximum absolute atomic E-state index is 10.4. The van der Waals surface area contributed by atoms with E-state index in [-0.39, 0.29) is 5.91 Å². The number of halogens is 1. The molecule has 0 aliphatic rings. The molecule has 9 heavy (non-hydrogen) atoms. The Labute approximate surface area is 65.6 Å². The number of nitrogens with zero attached hydrogens (tertiary/aromatic N) is 1. The summed E-state index contributed by atoms with van der Waals surface area (Å²) in [5.41, 5.74) is 0. The van der Waals surface area contributed by atoms with Crippen molar-refractivity contribution in [2.75, 3.05) is 0 Å². The summed E-state index contributed by atoms with van der Waals surface area (Å²) in [6.07, 6.45) is 0. The summed E-state index contributed by atoms with van der Waals surface area (Å²) >= 11 is -0.499. The van der Waals surface area contributed by atoms with E-state index in [2.05, 4.69) is 0 Å². The maximum atomic E-state index is 10.4. The second kappa shape index (κ2) is 4.05. The first-order chi connectivity index (χ1) is 4.04. The van der Waals surface area contributed by atoms with E-state index in [0.29, 0.717) is 3.92 Å². The van der Waals surface area contributed by atoms with Gasteiger partial charge < -0.3 is 0 Å². The second-order valence-electron chi connectivity index (χ2n) is 1.89. The van der Waals surface area contributed by atoms with Crippen LogP contribution in [-0.2, 0) is 4.79 Å². The van der Waals surface area contributed by atoms with E-state index in [0.717, 1.165) is 3.28 Å². The molecule has 0 spiro atoms. The second-order valence-corrected chi connectivity index (χ2v) is 5.85. The molecule has 56 valence electrons. The van der Waals surface area contributed by atoms with Crippen molar-refractivity contribution in [2.24, 2.45) is 0 Å². The first kappa shape index (κ1) is 9.16. The number of carbonyl (C=O) groups is 1. The average molecular weight is 244 g/mol. The van der Waals surface area contributed by atoms with Gasteiger partial charge in [-0.05, 0) is 0 Å². The van der Waals surface area contributed by atoms with Crippen molar-refractivity contribution in [3.05, 3.63) is 0 Å². The fourth-order valence-corrected chi connectivity index (χ4v) is 1.70. The molecule has 0 atom stereocenters. The molecule has 0 saturated heterocycles. The van der Waals surface area contributed by atoms with Gasteiger partial charge in [0.1, 0.15) is 0 Å². The fraction of sp³-hybridized carbons (Fsp3) is 0.800. The molecule has 0 aliphatic carbocycles. The summed E-state index contributed by atoms with van der Waals surface area (Å²) in [7, 11) is 0. The van der Waals surface area contributed by atoms with E-state index in [4.69, 9.17) is 5.21 Å². The molecule has 1 amide bonds. The van der Waals surface area contributed by atoms with Gasteiger partial charge in [0.2, 0.25) is 0 Å². The molecule has 0 aromatic carbocycles. The molecule has 3 nitrogen and oxygen atoms in total. The number of hydrogen-bond acceptors (Lipinski definition) is 2. The summed E-state index contributed by atoms with van der Waals surface area (Å²) in [4.78, 5) is 10.4. The van der Waals surface area contributed by atoms with Crippen molar-refractivity contribution < 1.29 is 31.5 Å². The minimum absolute atomic E-state index is 0.253. The first-order valence-corrected chi connectivity index (χ1v) is 4.88. The van der Waals surface area contributed by atoms with Crippen molar-refractivity contribution in [1.29, 1.82) is 0 Å². The van der Waals surface area contributed by atoms with Gasteiger partial charge in [-0.25, -0.2) is 0 Å². The summed E-state index contributed by atoms with van der Waals surface area (Å²) in [5, 5.41) is 8.83.